The van der Waals surface area contributed by atoms with Crippen molar-refractivity contribution in [3.8, 4) is 17.2 Å². The highest BCUT2D eigenvalue weighted by molar-refractivity contribution is 8.15. The van der Waals surface area contributed by atoms with Crippen molar-refractivity contribution in [2.24, 2.45) is 4.99 Å². The number of methoxy groups -OCH3 is 3. The first-order chi connectivity index (χ1) is 15.4. The van der Waals surface area contributed by atoms with Gasteiger partial charge in [-0.25, -0.2) is 4.99 Å². The van der Waals surface area contributed by atoms with Crippen LogP contribution in [0.5, 0.6) is 17.2 Å². The zero-order chi connectivity index (χ0) is 23.3. The lowest BCUT2D eigenvalue weighted by Crippen LogP contribution is -2.33. The van der Waals surface area contributed by atoms with Crippen molar-refractivity contribution in [2.45, 2.75) is 18.6 Å². The monoisotopic (exact) mass is 477 g/mol. The maximum Gasteiger partial charge on any atom is 0.242 e. The molecule has 0 aliphatic carbocycles. The second-order valence-electron chi connectivity index (χ2n) is 6.72. The standard InChI is InChI=1S/C22H24ClN3O5S/c1-5-26-21(28)19(12-20(27)24-16-10-13(23)6-9-17(16)30-3)32-22(26)25-15-8-7-14(29-2)11-18(15)31-4/h6-11,19H,5,12H2,1-4H3,(H,24,27)/t19-/m0/s1. The second kappa shape index (κ2) is 10.6. The summed E-state index contributed by atoms with van der Waals surface area (Å²) in [6, 6.07) is 10.2. The third kappa shape index (κ3) is 5.28. The molecule has 170 valence electrons. The Balaban J connectivity index is 1.78. The molecule has 1 aliphatic heterocycles. The molecular weight excluding hydrogens is 454 g/mol. The Hall–Kier alpha value is -2.91. The zero-order valence-electron chi connectivity index (χ0n) is 18.2. The first-order valence-electron chi connectivity index (χ1n) is 9.82. The Morgan fingerprint density at radius 3 is 2.53 bits per heavy atom. The predicted molar refractivity (Wildman–Crippen MR) is 127 cm³/mol. The molecule has 2 aromatic rings. The molecule has 0 aromatic heterocycles. The number of nitrogens with zero attached hydrogens (tertiary/aromatic N) is 2. The number of amidine groups is 1. The average Bonchev–Trinajstić information content (AvgIpc) is 3.07. The Labute approximate surface area is 195 Å². The molecule has 32 heavy (non-hydrogen) atoms. The van der Waals surface area contributed by atoms with E-state index in [-0.39, 0.29) is 18.2 Å². The van der Waals surface area contributed by atoms with Crippen LogP contribution in [0.3, 0.4) is 0 Å². The normalized spacial score (nSPS) is 16.9. The van der Waals surface area contributed by atoms with E-state index in [1.807, 2.05) is 6.92 Å². The minimum absolute atomic E-state index is 0.0194. The fourth-order valence-corrected chi connectivity index (χ4v) is 4.53. The SMILES string of the molecule is CCN1C(=O)[C@H](CC(=O)Nc2cc(Cl)ccc2OC)SC1=Nc1ccc(OC)cc1OC. The van der Waals surface area contributed by atoms with Crippen molar-refractivity contribution >= 4 is 51.7 Å². The summed E-state index contributed by atoms with van der Waals surface area (Å²) in [6.45, 7) is 2.29. The van der Waals surface area contributed by atoms with Crippen LogP contribution in [0.25, 0.3) is 0 Å². The van der Waals surface area contributed by atoms with Gasteiger partial charge in [0.2, 0.25) is 11.8 Å². The summed E-state index contributed by atoms with van der Waals surface area (Å²) >= 11 is 7.27. The van der Waals surface area contributed by atoms with Crippen molar-refractivity contribution in [2.75, 3.05) is 33.2 Å². The Morgan fingerprint density at radius 2 is 1.88 bits per heavy atom. The quantitative estimate of drug-likeness (QED) is 0.608. The second-order valence-corrected chi connectivity index (χ2v) is 8.32. The van der Waals surface area contributed by atoms with Gasteiger partial charge >= 0.3 is 0 Å². The number of hydrogen-bond acceptors (Lipinski definition) is 7. The summed E-state index contributed by atoms with van der Waals surface area (Å²) in [5.74, 6) is 1.15. The number of hydrogen-bond donors (Lipinski definition) is 1. The molecule has 8 nitrogen and oxygen atoms in total. The van der Waals surface area contributed by atoms with Gasteiger partial charge in [-0.05, 0) is 37.3 Å². The number of ether oxygens (including phenoxy) is 3. The lowest BCUT2D eigenvalue weighted by molar-refractivity contribution is -0.128. The van der Waals surface area contributed by atoms with Gasteiger partial charge in [-0.3, -0.25) is 14.5 Å². The molecule has 2 aromatic carbocycles. The van der Waals surface area contributed by atoms with E-state index >= 15 is 0 Å². The first-order valence-corrected chi connectivity index (χ1v) is 11.1. The number of nitrogens with one attached hydrogen (secondary N) is 1. The van der Waals surface area contributed by atoms with Crippen LogP contribution in [0, 0.1) is 0 Å². The van der Waals surface area contributed by atoms with Gasteiger partial charge in [0, 0.05) is 24.1 Å². The fraction of sp³-hybridized carbons (Fsp3) is 0.318. The van der Waals surface area contributed by atoms with Gasteiger partial charge in [-0.2, -0.15) is 0 Å². The van der Waals surface area contributed by atoms with Crippen LogP contribution >= 0.6 is 23.4 Å². The summed E-state index contributed by atoms with van der Waals surface area (Å²) in [4.78, 5) is 31.7. The number of halogens is 1. The van der Waals surface area contributed by atoms with Crippen molar-refractivity contribution in [3.05, 3.63) is 41.4 Å². The number of rotatable bonds is 8. The highest BCUT2D eigenvalue weighted by Gasteiger charge is 2.38. The molecule has 3 rings (SSSR count). The van der Waals surface area contributed by atoms with Gasteiger partial charge in [0.1, 0.15) is 28.2 Å². The molecule has 0 radical (unpaired) electrons. The minimum atomic E-state index is -0.594. The number of amides is 2. The maximum absolute atomic E-state index is 12.9. The fourth-order valence-electron chi connectivity index (χ4n) is 3.14. The van der Waals surface area contributed by atoms with Crippen LogP contribution in [0.15, 0.2) is 41.4 Å². The Kier molecular flexibility index (Phi) is 7.87. The van der Waals surface area contributed by atoms with E-state index in [9.17, 15) is 9.59 Å². The molecule has 0 bridgehead atoms. The summed E-state index contributed by atoms with van der Waals surface area (Å²) in [6.07, 6.45) is -0.0194. The van der Waals surface area contributed by atoms with Crippen molar-refractivity contribution in [1.82, 2.24) is 4.90 Å². The van der Waals surface area contributed by atoms with E-state index in [1.54, 1.807) is 55.5 Å². The molecule has 10 heteroatoms. The zero-order valence-corrected chi connectivity index (χ0v) is 19.7. The van der Waals surface area contributed by atoms with E-state index in [1.165, 1.54) is 18.9 Å². The highest BCUT2D eigenvalue weighted by atomic mass is 35.5. The predicted octanol–water partition coefficient (Wildman–Crippen LogP) is 4.35. The topological polar surface area (TPSA) is 89.5 Å². The summed E-state index contributed by atoms with van der Waals surface area (Å²) in [5.41, 5.74) is 1.01. The number of thioether (sulfide) groups is 1. The largest absolute Gasteiger partial charge is 0.497 e. The third-order valence-electron chi connectivity index (χ3n) is 4.75. The molecule has 2 amide bonds. The van der Waals surface area contributed by atoms with E-state index in [0.29, 0.717) is 45.4 Å². The van der Waals surface area contributed by atoms with Gasteiger partial charge in [0.25, 0.3) is 0 Å². The minimum Gasteiger partial charge on any atom is -0.497 e. The lowest BCUT2D eigenvalue weighted by atomic mass is 10.2. The van der Waals surface area contributed by atoms with Crippen LogP contribution in [0.1, 0.15) is 13.3 Å². The van der Waals surface area contributed by atoms with Gasteiger partial charge in [0.15, 0.2) is 5.17 Å². The van der Waals surface area contributed by atoms with E-state index in [0.717, 1.165) is 0 Å². The van der Waals surface area contributed by atoms with Crippen molar-refractivity contribution in [1.29, 1.82) is 0 Å². The van der Waals surface area contributed by atoms with E-state index in [2.05, 4.69) is 10.3 Å². The Bertz CT molecular complexity index is 1050. The van der Waals surface area contributed by atoms with Crippen molar-refractivity contribution < 1.29 is 23.8 Å². The summed E-state index contributed by atoms with van der Waals surface area (Å²) < 4.78 is 15.9. The molecule has 0 spiro atoms. The number of aliphatic imine (C=N–C) groups is 1. The van der Waals surface area contributed by atoms with Gasteiger partial charge in [-0.1, -0.05) is 23.4 Å². The van der Waals surface area contributed by atoms with Gasteiger partial charge in [-0.15, -0.1) is 0 Å². The summed E-state index contributed by atoms with van der Waals surface area (Å²) in [5, 5.41) is 3.16. The maximum atomic E-state index is 12.9. The van der Waals surface area contributed by atoms with Gasteiger partial charge < -0.3 is 19.5 Å². The first kappa shape index (κ1) is 23.7. The molecule has 1 heterocycles. The molecule has 1 N–H and O–H groups in total. The van der Waals surface area contributed by atoms with E-state index < -0.39 is 5.25 Å². The molecule has 0 unspecified atom stereocenters. The molecule has 0 saturated carbocycles. The van der Waals surface area contributed by atoms with Crippen LogP contribution in [-0.2, 0) is 9.59 Å². The van der Waals surface area contributed by atoms with Crippen LogP contribution in [-0.4, -0.2) is 55.0 Å². The molecule has 1 atom stereocenters. The average molecular weight is 478 g/mol. The molecule has 1 saturated heterocycles. The molecule has 1 aliphatic rings. The Morgan fingerprint density at radius 1 is 1.12 bits per heavy atom. The number of carbonyl (C=O) groups excluding carboxylic acids is 2. The highest BCUT2D eigenvalue weighted by Crippen LogP contribution is 2.36. The lowest BCUT2D eigenvalue weighted by Gasteiger charge is -2.14. The van der Waals surface area contributed by atoms with Crippen LogP contribution in [0.4, 0.5) is 11.4 Å². The van der Waals surface area contributed by atoms with Crippen LogP contribution < -0.4 is 19.5 Å². The number of carbonyl (C=O) groups is 2. The number of anilines is 1. The third-order valence-corrected chi connectivity index (χ3v) is 6.16. The summed E-state index contributed by atoms with van der Waals surface area (Å²) in [7, 11) is 4.62. The molecular formula is C22H24ClN3O5S. The smallest absolute Gasteiger partial charge is 0.242 e. The number of benzene rings is 2. The molecule has 1 fully saturated rings. The van der Waals surface area contributed by atoms with Crippen molar-refractivity contribution in [3.63, 3.8) is 0 Å². The van der Waals surface area contributed by atoms with E-state index in [4.69, 9.17) is 25.8 Å². The van der Waals surface area contributed by atoms with Gasteiger partial charge in [0.05, 0.1) is 27.0 Å². The van der Waals surface area contributed by atoms with Crippen LogP contribution in [0.2, 0.25) is 5.02 Å².